The van der Waals surface area contributed by atoms with Gasteiger partial charge in [0.05, 0.1) is 11.3 Å². The molecule has 1 aromatic heterocycles. The Hall–Kier alpha value is -4.18. The zero-order chi connectivity index (χ0) is 21.3. The van der Waals surface area contributed by atoms with E-state index in [1.165, 1.54) is 22.5 Å². The number of nitrogens with zero attached hydrogens (tertiary/aromatic N) is 3. The van der Waals surface area contributed by atoms with E-state index < -0.39 is 0 Å². The minimum absolute atomic E-state index is 0.513. The Balaban J connectivity index is 1.54. The summed E-state index contributed by atoms with van der Waals surface area (Å²) in [5, 5.41) is 8.73. The topological polar surface area (TPSA) is 42.2 Å². The van der Waals surface area contributed by atoms with E-state index in [1.807, 2.05) is 42.5 Å². The van der Waals surface area contributed by atoms with Crippen molar-refractivity contribution in [3.05, 3.63) is 114 Å². The Morgan fingerprint density at radius 2 is 1.06 bits per heavy atom. The van der Waals surface area contributed by atoms with Crippen LogP contribution >= 0.6 is 0 Å². The van der Waals surface area contributed by atoms with Crippen LogP contribution in [0, 0.1) is 0 Å². The first-order valence-electron chi connectivity index (χ1n) is 10.8. The van der Waals surface area contributed by atoms with Gasteiger partial charge in [0.1, 0.15) is 0 Å². The lowest BCUT2D eigenvalue weighted by molar-refractivity contribution is 0.584. The number of anilines is 3. The Labute approximate surface area is 186 Å². The molecule has 0 saturated heterocycles. The van der Waals surface area contributed by atoms with Crippen LogP contribution in [0.25, 0.3) is 22.9 Å². The van der Waals surface area contributed by atoms with Crippen LogP contribution in [0.2, 0.25) is 0 Å². The standard InChI is InChI=1S/C28H21N3O/c1-2-12-22(13-3-1)27-29-30-28(32-27)23-14-6-9-17-26(23)31-24-15-7-4-10-20(24)18-19-21-11-5-8-16-25(21)31/h1-17H,18-19H2. The van der Waals surface area contributed by atoms with Crippen LogP contribution in [0.15, 0.2) is 108 Å². The minimum Gasteiger partial charge on any atom is -0.416 e. The Kier molecular flexibility index (Phi) is 4.54. The molecule has 4 heteroatoms. The molecule has 0 bridgehead atoms. The summed E-state index contributed by atoms with van der Waals surface area (Å²) in [6.07, 6.45) is 2.01. The summed E-state index contributed by atoms with van der Waals surface area (Å²) in [6, 6.07) is 35.4. The van der Waals surface area contributed by atoms with Gasteiger partial charge in [-0.3, -0.25) is 0 Å². The normalized spacial score (nSPS) is 12.7. The van der Waals surface area contributed by atoms with Crippen molar-refractivity contribution in [1.82, 2.24) is 10.2 Å². The van der Waals surface area contributed by atoms with Crippen molar-refractivity contribution in [1.29, 1.82) is 0 Å². The van der Waals surface area contributed by atoms with Gasteiger partial charge in [0, 0.05) is 16.9 Å². The minimum atomic E-state index is 0.513. The summed E-state index contributed by atoms with van der Waals surface area (Å²) in [4.78, 5) is 2.33. The monoisotopic (exact) mass is 415 g/mol. The van der Waals surface area contributed by atoms with Crippen LogP contribution in [0.3, 0.4) is 0 Å². The largest absolute Gasteiger partial charge is 0.416 e. The number of hydrogen-bond acceptors (Lipinski definition) is 4. The number of fused-ring (bicyclic) bond motifs is 2. The molecular formula is C28H21N3O. The molecule has 0 spiro atoms. The lowest BCUT2D eigenvalue weighted by Crippen LogP contribution is -2.12. The molecule has 0 unspecified atom stereocenters. The predicted molar refractivity (Wildman–Crippen MR) is 127 cm³/mol. The molecule has 1 aliphatic heterocycles. The van der Waals surface area contributed by atoms with Gasteiger partial charge in [-0.25, -0.2) is 0 Å². The van der Waals surface area contributed by atoms with Gasteiger partial charge in [-0.1, -0.05) is 66.7 Å². The predicted octanol–water partition coefficient (Wildman–Crippen LogP) is 6.97. The molecule has 0 atom stereocenters. The Morgan fingerprint density at radius 1 is 0.531 bits per heavy atom. The second kappa shape index (κ2) is 7.82. The summed E-state index contributed by atoms with van der Waals surface area (Å²) in [5.74, 6) is 1.03. The van der Waals surface area contributed by atoms with Gasteiger partial charge in [-0.05, 0) is 60.4 Å². The average molecular weight is 415 g/mol. The Morgan fingerprint density at radius 3 is 1.75 bits per heavy atom. The second-order valence-electron chi connectivity index (χ2n) is 7.89. The van der Waals surface area contributed by atoms with Gasteiger partial charge in [0.2, 0.25) is 11.8 Å². The molecule has 2 heterocycles. The van der Waals surface area contributed by atoms with Gasteiger partial charge >= 0.3 is 0 Å². The smallest absolute Gasteiger partial charge is 0.250 e. The van der Waals surface area contributed by atoms with E-state index in [4.69, 9.17) is 4.42 Å². The van der Waals surface area contributed by atoms with E-state index in [-0.39, 0.29) is 0 Å². The highest BCUT2D eigenvalue weighted by Gasteiger charge is 2.25. The third-order valence-corrected chi connectivity index (χ3v) is 5.95. The molecule has 154 valence electrons. The van der Waals surface area contributed by atoms with Crippen molar-refractivity contribution >= 4 is 17.1 Å². The Bertz CT molecular complexity index is 1340. The summed E-state index contributed by atoms with van der Waals surface area (Å²) in [7, 11) is 0. The third-order valence-electron chi connectivity index (χ3n) is 5.95. The van der Waals surface area contributed by atoms with Crippen molar-refractivity contribution in [2.45, 2.75) is 12.8 Å². The molecule has 0 fully saturated rings. The maximum Gasteiger partial charge on any atom is 0.250 e. The molecule has 4 aromatic carbocycles. The summed E-state index contributed by atoms with van der Waals surface area (Å²) >= 11 is 0. The van der Waals surface area contributed by atoms with Crippen molar-refractivity contribution < 1.29 is 4.42 Å². The maximum absolute atomic E-state index is 6.15. The highest BCUT2D eigenvalue weighted by atomic mass is 16.4. The maximum atomic E-state index is 6.15. The zero-order valence-corrected chi connectivity index (χ0v) is 17.5. The van der Waals surface area contributed by atoms with E-state index in [0.29, 0.717) is 11.8 Å². The van der Waals surface area contributed by atoms with Crippen LogP contribution in [-0.4, -0.2) is 10.2 Å². The average Bonchev–Trinajstić information content (AvgIpc) is 3.29. The molecule has 4 nitrogen and oxygen atoms in total. The molecule has 0 radical (unpaired) electrons. The van der Waals surface area contributed by atoms with Crippen molar-refractivity contribution in [3.8, 4) is 22.9 Å². The molecule has 1 aliphatic rings. The SMILES string of the molecule is c1ccc(-c2nnc(-c3ccccc3N3c4ccccc4CCc4ccccc43)o2)cc1. The van der Waals surface area contributed by atoms with E-state index in [2.05, 4.69) is 75.8 Å². The number of aromatic nitrogens is 2. The van der Waals surface area contributed by atoms with Crippen molar-refractivity contribution in [2.24, 2.45) is 0 Å². The number of rotatable bonds is 3. The number of para-hydroxylation sites is 3. The fourth-order valence-electron chi connectivity index (χ4n) is 4.42. The fraction of sp³-hybridized carbons (Fsp3) is 0.0714. The lowest BCUT2D eigenvalue weighted by atomic mass is 10.0. The first-order chi connectivity index (χ1) is 15.9. The van der Waals surface area contributed by atoms with Crippen LogP contribution < -0.4 is 4.90 Å². The fourth-order valence-corrected chi connectivity index (χ4v) is 4.42. The van der Waals surface area contributed by atoms with E-state index in [0.717, 1.165) is 29.7 Å². The highest BCUT2D eigenvalue weighted by molar-refractivity contribution is 5.88. The number of aryl methyl sites for hydroxylation is 2. The quantitative estimate of drug-likeness (QED) is 0.319. The zero-order valence-electron chi connectivity index (χ0n) is 17.5. The van der Waals surface area contributed by atoms with Crippen molar-refractivity contribution in [3.63, 3.8) is 0 Å². The molecule has 0 amide bonds. The van der Waals surface area contributed by atoms with E-state index in [9.17, 15) is 0 Å². The summed E-state index contributed by atoms with van der Waals surface area (Å²) < 4.78 is 6.15. The molecule has 6 rings (SSSR count). The molecular weight excluding hydrogens is 394 g/mol. The molecule has 0 saturated carbocycles. The van der Waals surface area contributed by atoms with Crippen LogP contribution in [0.1, 0.15) is 11.1 Å². The lowest BCUT2D eigenvalue weighted by Gasteiger charge is -2.28. The molecule has 0 N–H and O–H groups in total. The first kappa shape index (κ1) is 18.6. The summed E-state index contributed by atoms with van der Waals surface area (Å²) in [5.41, 5.74) is 7.88. The van der Waals surface area contributed by atoms with E-state index in [1.54, 1.807) is 0 Å². The van der Waals surface area contributed by atoms with E-state index >= 15 is 0 Å². The van der Waals surface area contributed by atoms with Gasteiger partial charge in [0.15, 0.2) is 0 Å². The third kappa shape index (κ3) is 3.17. The number of benzene rings is 4. The van der Waals surface area contributed by atoms with Crippen LogP contribution in [-0.2, 0) is 12.8 Å². The molecule has 0 aliphatic carbocycles. The van der Waals surface area contributed by atoms with Crippen molar-refractivity contribution in [2.75, 3.05) is 4.90 Å². The van der Waals surface area contributed by atoms with Gasteiger partial charge < -0.3 is 9.32 Å². The molecule has 5 aromatic rings. The number of hydrogen-bond donors (Lipinski definition) is 0. The van der Waals surface area contributed by atoms with Gasteiger partial charge in [0.25, 0.3) is 0 Å². The first-order valence-corrected chi connectivity index (χ1v) is 10.8. The second-order valence-corrected chi connectivity index (χ2v) is 7.89. The van der Waals surface area contributed by atoms with Crippen LogP contribution in [0.4, 0.5) is 17.1 Å². The highest BCUT2D eigenvalue weighted by Crippen LogP contribution is 2.45. The van der Waals surface area contributed by atoms with Gasteiger partial charge in [-0.2, -0.15) is 0 Å². The van der Waals surface area contributed by atoms with Crippen LogP contribution in [0.5, 0.6) is 0 Å². The van der Waals surface area contributed by atoms with Gasteiger partial charge in [-0.15, -0.1) is 10.2 Å². The summed E-state index contributed by atoms with van der Waals surface area (Å²) in [6.45, 7) is 0. The molecule has 32 heavy (non-hydrogen) atoms.